The summed E-state index contributed by atoms with van der Waals surface area (Å²) in [6.07, 6.45) is 2.29. The molecule has 0 fully saturated rings. The Balaban J connectivity index is 1.48. The molecular formula is C26H22N2O4S. The molecule has 0 radical (unpaired) electrons. The van der Waals surface area contributed by atoms with Crippen molar-refractivity contribution in [2.75, 3.05) is 19.5 Å². The predicted molar refractivity (Wildman–Crippen MR) is 128 cm³/mol. The second kappa shape index (κ2) is 8.60. The van der Waals surface area contributed by atoms with Crippen LogP contribution in [0.25, 0.3) is 5.69 Å². The van der Waals surface area contributed by atoms with Gasteiger partial charge in [-0.3, -0.25) is 9.59 Å². The number of rotatable bonds is 5. The van der Waals surface area contributed by atoms with Crippen molar-refractivity contribution < 1.29 is 19.1 Å². The number of methoxy groups -OCH3 is 2. The zero-order valence-electron chi connectivity index (χ0n) is 18.2. The third-order valence-corrected chi connectivity index (χ3v) is 6.77. The van der Waals surface area contributed by atoms with Gasteiger partial charge in [0.15, 0.2) is 17.3 Å². The largest absolute Gasteiger partial charge is 0.493 e. The van der Waals surface area contributed by atoms with E-state index in [2.05, 4.69) is 5.32 Å². The summed E-state index contributed by atoms with van der Waals surface area (Å²) in [5.74, 6) is 0.888. The van der Waals surface area contributed by atoms with Gasteiger partial charge in [0.2, 0.25) is 0 Å². The molecule has 0 spiro atoms. The number of carbonyl (C=O) groups excluding carboxylic acids is 2. The lowest BCUT2D eigenvalue weighted by molar-refractivity contribution is 0.0978. The number of Topliss-reactive ketones (excluding diaryl/α,β-unsaturated/α-hetero) is 1. The molecule has 7 heteroatoms. The van der Waals surface area contributed by atoms with Gasteiger partial charge in [0, 0.05) is 41.5 Å². The highest BCUT2D eigenvalue weighted by molar-refractivity contribution is 7.12. The number of carbonyl (C=O) groups is 2. The maximum atomic E-state index is 13.3. The number of hydrogen-bond donors (Lipinski definition) is 1. The summed E-state index contributed by atoms with van der Waals surface area (Å²) in [5, 5.41) is 4.80. The third-order valence-electron chi connectivity index (χ3n) is 5.90. The molecule has 166 valence electrons. The number of benzene rings is 2. The van der Waals surface area contributed by atoms with Crippen LogP contribution in [0.1, 0.15) is 43.6 Å². The van der Waals surface area contributed by atoms with Crippen molar-refractivity contribution in [3.8, 4) is 17.2 Å². The molecule has 0 bridgehead atoms. The van der Waals surface area contributed by atoms with Crippen LogP contribution >= 0.6 is 11.3 Å². The van der Waals surface area contributed by atoms with Gasteiger partial charge in [-0.2, -0.15) is 0 Å². The second-order valence-corrected chi connectivity index (χ2v) is 8.71. The predicted octanol–water partition coefficient (Wildman–Crippen LogP) is 5.53. The number of hydrogen-bond acceptors (Lipinski definition) is 5. The topological polar surface area (TPSA) is 69.6 Å². The van der Waals surface area contributed by atoms with Crippen molar-refractivity contribution in [1.29, 1.82) is 0 Å². The average molecular weight is 459 g/mol. The molecule has 0 saturated heterocycles. The number of ether oxygens (including phenoxy) is 2. The number of anilines is 1. The quantitative estimate of drug-likeness (QED) is 0.427. The summed E-state index contributed by atoms with van der Waals surface area (Å²) >= 11 is 1.40. The normalized spacial score (nSPS) is 14.7. The molecule has 6 nitrogen and oxygen atoms in total. The average Bonchev–Trinajstić information content (AvgIpc) is 3.53. The first-order valence-corrected chi connectivity index (χ1v) is 11.4. The molecule has 33 heavy (non-hydrogen) atoms. The number of thiophene rings is 1. The highest BCUT2D eigenvalue weighted by atomic mass is 32.1. The molecule has 3 heterocycles. The maximum absolute atomic E-state index is 13.3. The van der Waals surface area contributed by atoms with Gasteiger partial charge in [-0.15, -0.1) is 11.3 Å². The smallest absolute Gasteiger partial charge is 0.265 e. The van der Waals surface area contributed by atoms with Crippen LogP contribution in [-0.2, 0) is 0 Å². The van der Waals surface area contributed by atoms with Crippen LogP contribution < -0.4 is 14.8 Å². The van der Waals surface area contributed by atoms with Crippen LogP contribution in [0.5, 0.6) is 11.5 Å². The fourth-order valence-electron chi connectivity index (χ4n) is 4.28. The van der Waals surface area contributed by atoms with E-state index >= 15 is 0 Å². The van der Waals surface area contributed by atoms with E-state index in [1.807, 2.05) is 64.7 Å². The van der Waals surface area contributed by atoms with Gasteiger partial charge in [0.05, 0.1) is 24.8 Å². The summed E-state index contributed by atoms with van der Waals surface area (Å²) in [5.41, 5.74) is 4.12. The Bertz CT molecular complexity index is 1320. The number of aromatic nitrogens is 1. The lowest BCUT2D eigenvalue weighted by atomic mass is 9.90. The molecule has 0 saturated carbocycles. The van der Waals surface area contributed by atoms with E-state index in [4.69, 9.17) is 9.47 Å². The number of ketones is 1. The van der Waals surface area contributed by atoms with Gasteiger partial charge in [-0.05, 0) is 47.3 Å². The van der Waals surface area contributed by atoms with E-state index in [-0.39, 0.29) is 17.6 Å². The molecule has 2 aromatic carbocycles. The molecular weight excluding hydrogens is 436 g/mol. The Hall–Kier alpha value is -3.84. The van der Waals surface area contributed by atoms with Crippen LogP contribution in [0.4, 0.5) is 5.69 Å². The zero-order chi connectivity index (χ0) is 22.9. The van der Waals surface area contributed by atoms with Crippen molar-refractivity contribution in [2.24, 2.45) is 0 Å². The highest BCUT2D eigenvalue weighted by Crippen LogP contribution is 2.40. The molecule has 1 N–H and O–H groups in total. The van der Waals surface area contributed by atoms with Gasteiger partial charge in [0.1, 0.15) is 0 Å². The first kappa shape index (κ1) is 21.0. The second-order valence-electron chi connectivity index (χ2n) is 7.76. The molecule has 4 aromatic rings. The van der Waals surface area contributed by atoms with E-state index in [1.54, 1.807) is 26.4 Å². The third kappa shape index (κ3) is 3.81. The minimum Gasteiger partial charge on any atom is -0.493 e. The molecule has 1 amide bonds. The van der Waals surface area contributed by atoms with E-state index in [0.717, 1.165) is 16.9 Å². The van der Waals surface area contributed by atoms with Crippen LogP contribution in [0.2, 0.25) is 0 Å². The first-order chi connectivity index (χ1) is 16.1. The Morgan fingerprint density at radius 1 is 1.03 bits per heavy atom. The van der Waals surface area contributed by atoms with E-state index < -0.39 is 0 Å². The molecule has 5 rings (SSSR count). The standard InChI is InChI=1S/C26H22N2O4S/c1-31-23-14-19-21(15-24(23)32-2)28-11-3-5-20(28)18(13-22(19)29)16-7-9-17(10-8-16)27-26(30)25-6-4-12-33-25/h3-12,14-15,18H,13H2,1-2H3,(H,27,30). The van der Waals surface area contributed by atoms with Crippen molar-refractivity contribution in [3.05, 3.63) is 93.9 Å². The van der Waals surface area contributed by atoms with Crippen molar-refractivity contribution in [3.63, 3.8) is 0 Å². The molecule has 1 aliphatic rings. The number of amides is 1. The fourth-order valence-corrected chi connectivity index (χ4v) is 4.90. The SMILES string of the molecule is COc1cc2c(cc1OC)-n1cccc1C(c1ccc(NC(=O)c3cccs3)cc1)CC2=O. The van der Waals surface area contributed by atoms with Crippen LogP contribution in [-0.4, -0.2) is 30.5 Å². The molecule has 0 aliphatic carbocycles. The molecule has 2 aromatic heterocycles. The minimum atomic E-state index is -0.130. The summed E-state index contributed by atoms with van der Waals surface area (Å²) in [6.45, 7) is 0. The summed E-state index contributed by atoms with van der Waals surface area (Å²) in [6, 6.07) is 19.0. The lowest BCUT2D eigenvalue weighted by Gasteiger charge is -2.17. The van der Waals surface area contributed by atoms with Crippen molar-refractivity contribution in [2.45, 2.75) is 12.3 Å². The number of nitrogens with zero attached hydrogens (tertiary/aromatic N) is 1. The maximum Gasteiger partial charge on any atom is 0.265 e. The first-order valence-electron chi connectivity index (χ1n) is 10.5. The highest BCUT2D eigenvalue weighted by Gasteiger charge is 2.29. The van der Waals surface area contributed by atoms with Crippen LogP contribution in [0.3, 0.4) is 0 Å². The molecule has 1 aliphatic heterocycles. The van der Waals surface area contributed by atoms with E-state index in [9.17, 15) is 9.59 Å². The molecule has 1 unspecified atom stereocenters. The van der Waals surface area contributed by atoms with Gasteiger partial charge in [-0.1, -0.05) is 18.2 Å². The summed E-state index contributed by atoms with van der Waals surface area (Å²) in [7, 11) is 3.15. The van der Waals surface area contributed by atoms with Gasteiger partial charge in [0.25, 0.3) is 5.91 Å². The Kier molecular flexibility index (Phi) is 5.48. The Labute approximate surface area is 195 Å². The summed E-state index contributed by atoms with van der Waals surface area (Å²) in [4.78, 5) is 26.3. The number of fused-ring (bicyclic) bond motifs is 3. The Morgan fingerprint density at radius 3 is 2.48 bits per heavy atom. The van der Waals surface area contributed by atoms with Crippen molar-refractivity contribution in [1.82, 2.24) is 4.57 Å². The van der Waals surface area contributed by atoms with Gasteiger partial charge < -0.3 is 19.4 Å². The number of nitrogens with one attached hydrogen (secondary N) is 1. The monoisotopic (exact) mass is 458 g/mol. The van der Waals surface area contributed by atoms with E-state index in [0.29, 0.717) is 34.0 Å². The van der Waals surface area contributed by atoms with Crippen LogP contribution in [0.15, 0.2) is 72.2 Å². The fraction of sp³-hybridized carbons (Fsp3) is 0.154. The van der Waals surface area contributed by atoms with E-state index in [1.165, 1.54) is 11.3 Å². The van der Waals surface area contributed by atoms with Gasteiger partial charge in [-0.25, -0.2) is 0 Å². The van der Waals surface area contributed by atoms with Crippen molar-refractivity contribution >= 4 is 28.7 Å². The lowest BCUT2D eigenvalue weighted by Crippen LogP contribution is -2.11. The summed E-state index contributed by atoms with van der Waals surface area (Å²) < 4.78 is 12.9. The zero-order valence-corrected chi connectivity index (χ0v) is 19.0. The minimum absolute atomic E-state index is 0.0368. The van der Waals surface area contributed by atoms with Crippen LogP contribution in [0, 0.1) is 0 Å². The molecule has 1 atom stereocenters. The Morgan fingerprint density at radius 2 is 1.79 bits per heavy atom. The van der Waals surface area contributed by atoms with Gasteiger partial charge >= 0.3 is 0 Å².